The van der Waals surface area contributed by atoms with E-state index in [2.05, 4.69) is 20.8 Å². The molecule has 6 nitrogen and oxygen atoms in total. The molecule has 1 aliphatic rings. The third-order valence-electron chi connectivity index (χ3n) is 3.38. The van der Waals surface area contributed by atoms with Gasteiger partial charge in [0, 0.05) is 18.4 Å². The number of benzene rings is 1. The Morgan fingerprint density at radius 3 is 3.11 bits per heavy atom. The Morgan fingerprint density at radius 2 is 2.32 bits per heavy atom. The normalized spacial score (nSPS) is 19.2. The summed E-state index contributed by atoms with van der Waals surface area (Å²) in [6.07, 6.45) is 2.70. The Morgan fingerprint density at radius 1 is 1.42 bits per heavy atom. The molecule has 3 rings (SSSR count). The number of nitrogens with zero attached hydrogens (tertiary/aromatic N) is 1. The zero-order chi connectivity index (χ0) is 13.2. The van der Waals surface area contributed by atoms with Gasteiger partial charge in [-0.1, -0.05) is 6.07 Å². The van der Waals surface area contributed by atoms with Crippen LogP contribution >= 0.6 is 0 Å². The number of aromatic nitrogens is 2. The zero-order valence-corrected chi connectivity index (χ0v) is 10.3. The summed E-state index contributed by atoms with van der Waals surface area (Å²) >= 11 is 0. The van der Waals surface area contributed by atoms with Gasteiger partial charge in [-0.2, -0.15) is 5.10 Å². The first-order valence-electron chi connectivity index (χ1n) is 6.24. The fourth-order valence-electron chi connectivity index (χ4n) is 2.27. The molecule has 1 unspecified atom stereocenters. The molecule has 0 radical (unpaired) electrons. The third kappa shape index (κ3) is 2.29. The van der Waals surface area contributed by atoms with Crippen LogP contribution in [0.4, 0.5) is 5.69 Å². The van der Waals surface area contributed by atoms with Crippen molar-refractivity contribution in [3.63, 3.8) is 0 Å². The van der Waals surface area contributed by atoms with Crippen molar-refractivity contribution in [1.82, 2.24) is 15.5 Å². The molecule has 6 heteroatoms. The Bertz CT molecular complexity index is 624. The SMILES string of the molecule is O=C1CCC(C(=O)Nc2cccc3[nH]ncc23)CN1. The van der Waals surface area contributed by atoms with E-state index in [1.165, 1.54) is 0 Å². The molecule has 1 atom stereocenters. The highest BCUT2D eigenvalue weighted by Gasteiger charge is 2.24. The lowest BCUT2D eigenvalue weighted by Crippen LogP contribution is -2.40. The topological polar surface area (TPSA) is 86.9 Å². The molecule has 1 aliphatic heterocycles. The summed E-state index contributed by atoms with van der Waals surface area (Å²) < 4.78 is 0. The first kappa shape index (κ1) is 11.7. The molecule has 98 valence electrons. The van der Waals surface area contributed by atoms with Crippen LogP contribution in [-0.2, 0) is 9.59 Å². The molecule has 0 saturated carbocycles. The predicted octanol–water partition coefficient (Wildman–Crippen LogP) is 1.03. The number of H-pyrrole nitrogens is 1. The van der Waals surface area contributed by atoms with Crippen molar-refractivity contribution >= 4 is 28.4 Å². The second-order valence-electron chi connectivity index (χ2n) is 4.67. The summed E-state index contributed by atoms with van der Waals surface area (Å²) in [4.78, 5) is 23.2. The molecule has 2 aromatic rings. The standard InChI is InChI=1S/C13H14N4O2/c18-12-5-4-8(6-14-12)13(19)16-10-2-1-3-11-9(10)7-15-17-11/h1-3,7-8H,4-6H2,(H,14,18)(H,15,17)(H,16,19). The maximum Gasteiger partial charge on any atom is 0.229 e. The molecule has 0 spiro atoms. The fraction of sp³-hybridized carbons (Fsp3) is 0.308. The second-order valence-corrected chi connectivity index (χ2v) is 4.67. The minimum atomic E-state index is -0.167. The minimum Gasteiger partial charge on any atom is -0.355 e. The van der Waals surface area contributed by atoms with Crippen molar-refractivity contribution in [1.29, 1.82) is 0 Å². The van der Waals surface area contributed by atoms with Gasteiger partial charge < -0.3 is 10.6 Å². The number of hydrogen-bond donors (Lipinski definition) is 3. The van der Waals surface area contributed by atoms with E-state index in [0.29, 0.717) is 19.4 Å². The maximum absolute atomic E-state index is 12.1. The lowest BCUT2D eigenvalue weighted by atomic mass is 9.98. The predicted molar refractivity (Wildman–Crippen MR) is 70.5 cm³/mol. The number of fused-ring (bicyclic) bond motifs is 1. The highest BCUT2D eigenvalue weighted by atomic mass is 16.2. The summed E-state index contributed by atoms with van der Waals surface area (Å²) in [5, 5.41) is 13.3. The highest BCUT2D eigenvalue weighted by molar-refractivity contribution is 6.02. The number of anilines is 1. The molecule has 19 heavy (non-hydrogen) atoms. The smallest absolute Gasteiger partial charge is 0.229 e. The van der Waals surface area contributed by atoms with Crippen LogP contribution in [0.1, 0.15) is 12.8 Å². The molecule has 0 aliphatic carbocycles. The van der Waals surface area contributed by atoms with Gasteiger partial charge in [0.05, 0.1) is 23.3 Å². The van der Waals surface area contributed by atoms with Gasteiger partial charge in [0.1, 0.15) is 0 Å². The van der Waals surface area contributed by atoms with Crippen molar-refractivity contribution in [2.45, 2.75) is 12.8 Å². The van der Waals surface area contributed by atoms with Gasteiger partial charge in [-0.15, -0.1) is 0 Å². The van der Waals surface area contributed by atoms with Gasteiger partial charge in [-0.05, 0) is 18.6 Å². The Kier molecular flexibility index (Phi) is 2.91. The third-order valence-corrected chi connectivity index (χ3v) is 3.38. The van der Waals surface area contributed by atoms with Crippen molar-refractivity contribution in [3.05, 3.63) is 24.4 Å². The Hall–Kier alpha value is -2.37. The summed E-state index contributed by atoms with van der Waals surface area (Å²) in [7, 11) is 0. The summed E-state index contributed by atoms with van der Waals surface area (Å²) in [6, 6.07) is 5.61. The number of nitrogens with one attached hydrogen (secondary N) is 3. The van der Waals surface area contributed by atoms with Crippen LogP contribution in [0.3, 0.4) is 0 Å². The van der Waals surface area contributed by atoms with Gasteiger partial charge in [-0.3, -0.25) is 14.7 Å². The van der Waals surface area contributed by atoms with Crippen LogP contribution in [0.2, 0.25) is 0 Å². The van der Waals surface area contributed by atoms with Crippen LogP contribution in [0.5, 0.6) is 0 Å². The molecule has 1 fully saturated rings. The number of amides is 2. The molecule has 1 saturated heterocycles. The average Bonchev–Trinajstić information content (AvgIpc) is 2.89. The Labute approximate surface area is 109 Å². The van der Waals surface area contributed by atoms with Crippen molar-refractivity contribution < 1.29 is 9.59 Å². The summed E-state index contributed by atoms with van der Waals surface area (Å²) in [6.45, 7) is 0.409. The fourth-order valence-corrected chi connectivity index (χ4v) is 2.27. The van der Waals surface area contributed by atoms with E-state index in [9.17, 15) is 9.59 Å². The lowest BCUT2D eigenvalue weighted by Gasteiger charge is -2.21. The molecule has 3 N–H and O–H groups in total. The quantitative estimate of drug-likeness (QED) is 0.751. The van der Waals surface area contributed by atoms with E-state index in [0.717, 1.165) is 16.6 Å². The van der Waals surface area contributed by atoms with Crippen molar-refractivity contribution in [2.75, 3.05) is 11.9 Å². The van der Waals surface area contributed by atoms with Crippen LogP contribution in [0, 0.1) is 5.92 Å². The molecule has 0 bridgehead atoms. The monoisotopic (exact) mass is 258 g/mol. The number of aromatic amines is 1. The number of piperidine rings is 1. The van der Waals surface area contributed by atoms with E-state index in [4.69, 9.17) is 0 Å². The molecule has 1 aromatic carbocycles. The van der Waals surface area contributed by atoms with Gasteiger partial charge in [0.15, 0.2) is 0 Å². The molecular formula is C13H14N4O2. The molecule has 1 aromatic heterocycles. The maximum atomic E-state index is 12.1. The molecular weight excluding hydrogens is 244 g/mol. The van der Waals surface area contributed by atoms with E-state index >= 15 is 0 Å². The van der Waals surface area contributed by atoms with E-state index in [1.54, 1.807) is 6.20 Å². The summed E-state index contributed by atoms with van der Waals surface area (Å²) in [5.74, 6) is -0.213. The Balaban J connectivity index is 1.76. The van der Waals surface area contributed by atoms with E-state index in [-0.39, 0.29) is 17.7 Å². The first-order valence-corrected chi connectivity index (χ1v) is 6.24. The van der Waals surface area contributed by atoms with Crippen LogP contribution in [-0.4, -0.2) is 28.6 Å². The van der Waals surface area contributed by atoms with Gasteiger partial charge in [0.2, 0.25) is 11.8 Å². The largest absolute Gasteiger partial charge is 0.355 e. The number of rotatable bonds is 2. The zero-order valence-electron chi connectivity index (χ0n) is 10.3. The molecule has 2 amide bonds. The van der Waals surface area contributed by atoms with E-state index < -0.39 is 0 Å². The van der Waals surface area contributed by atoms with Crippen LogP contribution in [0.15, 0.2) is 24.4 Å². The minimum absolute atomic E-state index is 0.0148. The first-order chi connectivity index (χ1) is 9.24. The van der Waals surface area contributed by atoms with Gasteiger partial charge >= 0.3 is 0 Å². The van der Waals surface area contributed by atoms with Gasteiger partial charge in [0.25, 0.3) is 0 Å². The summed E-state index contributed by atoms with van der Waals surface area (Å²) in [5.41, 5.74) is 1.63. The van der Waals surface area contributed by atoms with Crippen molar-refractivity contribution in [2.24, 2.45) is 5.92 Å². The van der Waals surface area contributed by atoms with Crippen LogP contribution < -0.4 is 10.6 Å². The number of carbonyl (C=O) groups excluding carboxylic acids is 2. The molecule has 2 heterocycles. The van der Waals surface area contributed by atoms with Crippen LogP contribution in [0.25, 0.3) is 10.9 Å². The van der Waals surface area contributed by atoms with E-state index in [1.807, 2.05) is 18.2 Å². The highest BCUT2D eigenvalue weighted by Crippen LogP contribution is 2.22. The average molecular weight is 258 g/mol. The van der Waals surface area contributed by atoms with Crippen molar-refractivity contribution in [3.8, 4) is 0 Å². The van der Waals surface area contributed by atoms with Gasteiger partial charge in [-0.25, -0.2) is 0 Å². The number of hydrogen-bond acceptors (Lipinski definition) is 3. The lowest BCUT2D eigenvalue weighted by molar-refractivity contribution is -0.126. The second kappa shape index (κ2) is 4.72. The number of carbonyl (C=O) groups is 2.